The zero-order valence-electron chi connectivity index (χ0n) is 21.4. The number of esters is 2. The van der Waals surface area contributed by atoms with E-state index >= 15 is 0 Å². The maximum atomic E-state index is 13.0. The first kappa shape index (κ1) is 27.4. The molecule has 1 atom stereocenters. The molecule has 0 saturated carbocycles. The van der Waals surface area contributed by atoms with Gasteiger partial charge in [-0.05, 0) is 48.1 Å². The Bertz CT molecular complexity index is 1220. The molecule has 2 aromatic rings. The highest BCUT2D eigenvalue weighted by Crippen LogP contribution is 2.28. The number of hydrogen-bond acceptors (Lipinski definition) is 6. The number of rotatable bonds is 0. The van der Waals surface area contributed by atoms with E-state index in [0.29, 0.717) is 23.2 Å². The number of hydrogen-bond donors (Lipinski definition) is 1. The fourth-order valence-corrected chi connectivity index (χ4v) is 3.87. The molecule has 0 radical (unpaired) electrons. The van der Waals surface area contributed by atoms with E-state index in [9.17, 15) is 19.2 Å². The van der Waals surface area contributed by atoms with Gasteiger partial charge in [-0.15, -0.1) is 0 Å². The summed E-state index contributed by atoms with van der Waals surface area (Å²) >= 11 is 0. The van der Waals surface area contributed by atoms with Gasteiger partial charge in [0.15, 0.2) is 6.61 Å². The van der Waals surface area contributed by atoms with E-state index < -0.39 is 24.5 Å². The minimum absolute atomic E-state index is 0.136. The van der Waals surface area contributed by atoms with Crippen molar-refractivity contribution in [1.82, 2.24) is 10.2 Å². The Kier molecular flexibility index (Phi) is 9.77. The molecule has 2 amide bonds. The van der Waals surface area contributed by atoms with E-state index in [1.54, 1.807) is 55.6 Å². The molecule has 37 heavy (non-hydrogen) atoms. The summed E-state index contributed by atoms with van der Waals surface area (Å²) in [4.78, 5) is 51.9. The van der Waals surface area contributed by atoms with Crippen LogP contribution in [0.3, 0.4) is 0 Å². The van der Waals surface area contributed by atoms with Gasteiger partial charge in [-0.2, -0.15) is 0 Å². The summed E-state index contributed by atoms with van der Waals surface area (Å²) in [7, 11) is 1.65. The largest absolute Gasteiger partial charge is 0.458 e. The van der Waals surface area contributed by atoms with Crippen molar-refractivity contribution >= 4 is 23.8 Å². The molecular weight excluding hydrogens is 472 g/mol. The molecule has 0 bridgehead atoms. The topological polar surface area (TPSA) is 102 Å². The lowest BCUT2D eigenvalue weighted by Gasteiger charge is -2.16. The Labute approximate surface area is 216 Å². The van der Waals surface area contributed by atoms with E-state index in [2.05, 4.69) is 12.2 Å². The molecule has 1 unspecified atom stereocenters. The predicted molar refractivity (Wildman–Crippen MR) is 140 cm³/mol. The number of cyclic esters (lactones) is 2. The van der Waals surface area contributed by atoms with Crippen LogP contribution < -0.4 is 5.32 Å². The summed E-state index contributed by atoms with van der Waals surface area (Å²) in [6.45, 7) is 3.75. The fourth-order valence-electron chi connectivity index (χ4n) is 3.87. The first-order valence-corrected chi connectivity index (χ1v) is 12.1. The summed E-state index contributed by atoms with van der Waals surface area (Å²) < 4.78 is 10.8. The number of amides is 2. The molecule has 1 aliphatic heterocycles. The maximum absolute atomic E-state index is 13.0. The minimum Gasteiger partial charge on any atom is -0.458 e. The van der Waals surface area contributed by atoms with Crippen molar-refractivity contribution in [3.63, 3.8) is 0 Å². The zero-order valence-corrected chi connectivity index (χ0v) is 21.4. The van der Waals surface area contributed by atoms with Crippen LogP contribution in [0.4, 0.5) is 0 Å². The fraction of sp³-hybridized carbons (Fsp3) is 0.310. The number of nitrogens with zero attached hydrogens (tertiary/aromatic N) is 1. The van der Waals surface area contributed by atoms with Crippen LogP contribution in [0.15, 0.2) is 72.3 Å². The van der Waals surface area contributed by atoms with Crippen LogP contribution >= 0.6 is 0 Å². The molecule has 1 N–H and O–H groups in total. The number of carbonyl (C=O) groups excluding carboxylic acids is 4. The van der Waals surface area contributed by atoms with E-state index in [0.717, 1.165) is 12.0 Å². The zero-order chi connectivity index (χ0) is 26.8. The van der Waals surface area contributed by atoms with E-state index in [-0.39, 0.29) is 30.5 Å². The van der Waals surface area contributed by atoms with Gasteiger partial charge in [0, 0.05) is 13.6 Å². The van der Waals surface area contributed by atoms with Crippen molar-refractivity contribution < 1.29 is 28.7 Å². The van der Waals surface area contributed by atoms with Gasteiger partial charge in [-0.25, -0.2) is 9.59 Å². The molecule has 8 nitrogen and oxygen atoms in total. The lowest BCUT2D eigenvalue weighted by atomic mass is 9.95. The Morgan fingerprint density at radius 2 is 1.35 bits per heavy atom. The molecule has 0 fully saturated rings. The summed E-state index contributed by atoms with van der Waals surface area (Å²) in [6, 6.07) is 13.6. The summed E-state index contributed by atoms with van der Waals surface area (Å²) in [5.41, 5.74) is 2.42. The minimum atomic E-state index is -0.725. The number of fused-ring (bicyclic) bond motifs is 3. The quantitative estimate of drug-likeness (QED) is 0.433. The Morgan fingerprint density at radius 3 is 1.95 bits per heavy atom. The van der Waals surface area contributed by atoms with Crippen LogP contribution in [0.25, 0.3) is 11.1 Å². The van der Waals surface area contributed by atoms with Gasteiger partial charge in [-0.1, -0.05) is 61.5 Å². The number of ether oxygens (including phenoxy) is 2. The first-order valence-electron chi connectivity index (χ1n) is 12.1. The molecule has 3 rings (SSSR count). The number of allylic oxidation sites excluding steroid dienone is 2. The van der Waals surface area contributed by atoms with Gasteiger partial charge in [0.05, 0.1) is 17.7 Å². The average Bonchev–Trinajstić information content (AvgIpc) is 2.90. The van der Waals surface area contributed by atoms with Crippen LogP contribution in [-0.4, -0.2) is 62.0 Å². The van der Waals surface area contributed by atoms with Crippen LogP contribution in [0.2, 0.25) is 0 Å². The Balaban J connectivity index is 1.90. The highest BCUT2D eigenvalue weighted by molar-refractivity contribution is 6.03. The molecule has 0 spiro atoms. The molecular formula is C29H32N2O6. The van der Waals surface area contributed by atoms with Gasteiger partial charge < -0.3 is 19.7 Å². The lowest BCUT2D eigenvalue weighted by molar-refractivity contribution is -0.132. The first-order chi connectivity index (χ1) is 17.8. The number of nitrogens with one attached hydrogen (secondary N) is 1. The van der Waals surface area contributed by atoms with E-state index in [4.69, 9.17) is 9.47 Å². The van der Waals surface area contributed by atoms with Crippen molar-refractivity contribution in [2.24, 2.45) is 5.92 Å². The maximum Gasteiger partial charge on any atom is 0.339 e. The van der Waals surface area contributed by atoms with Crippen molar-refractivity contribution in [2.75, 3.05) is 33.4 Å². The van der Waals surface area contributed by atoms with Gasteiger partial charge in [0.2, 0.25) is 5.91 Å². The molecule has 2 aromatic carbocycles. The third kappa shape index (κ3) is 7.90. The number of benzene rings is 2. The second-order valence-corrected chi connectivity index (χ2v) is 8.99. The van der Waals surface area contributed by atoms with E-state index in [1.807, 2.05) is 25.2 Å². The average molecular weight is 505 g/mol. The molecule has 8 heteroatoms. The van der Waals surface area contributed by atoms with Crippen molar-refractivity contribution in [2.45, 2.75) is 20.3 Å². The third-order valence-corrected chi connectivity index (χ3v) is 5.83. The smallest absolute Gasteiger partial charge is 0.339 e. The van der Waals surface area contributed by atoms with Gasteiger partial charge in [-0.3, -0.25) is 9.59 Å². The monoisotopic (exact) mass is 504 g/mol. The number of carbonyl (C=O) groups is 4. The van der Waals surface area contributed by atoms with Crippen molar-refractivity contribution in [3.8, 4) is 11.1 Å². The van der Waals surface area contributed by atoms with Crippen LogP contribution in [0.5, 0.6) is 0 Å². The van der Waals surface area contributed by atoms with Gasteiger partial charge in [0.1, 0.15) is 6.61 Å². The van der Waals surface area contributed by atoms with Crippen molar-refractivity contribution in [3.05, 3.63) is 83.5 Å². The Hall–Kier alpha value is -4.20. The van der Waals surface area contributed by atoms with Crippen molar-refractivity contribution in [1.29, 1.82) is 0 Å². The summed E-state index contributed by atoms with van der Waals surface area (Å²) in [5.74, 6) is -1.88. The molecule has 0 aromatic heterocycles. The van der Waals surface area contributed by atoms with E-state index in [1.165, 1.54) is 4.90 Å². The van der Waals surface area contributed by atoms with Crippen LogP contribution in [-0.2, 0) is 19.1 Å². The van der Waals surface area contributed by atoms with Crippen LogP contribution in [0.1, 0.15) is 41.0 Å². The molecule has 1 aliphatic rings. The van der Waals surface area contributed by atoms with Gasteiger partial charge in [0.25, 0.3) is 5.91 Å². The summed E-state index contributed by atoms with van der Waals surface area (Å²) in [5, 5.41) is 2.48. The SMILES string of the molecule is C/C1=C/C(C)C/C=C\CN(C)C(=O)CNC(=O)COC(=O)c2ccccc2-c2ccccc2C(=O)OC1. The standard InChI is InChI=1S/C29H32N2O6/c1-20-10-8-9-15-31(3)27(33)17-30-26(32)19-37-29(35)25-14-7-5-12-23(25)22-11-4-6-13-24(22)28(34)36-18-21(2)16-20/h4-9,11-14,16,20H,10,15,17-19H2,1-3H3,(H,30,32)/b9-8-,21-16-. The lowest BCUT2D eigenvalue weighted by Crippen LogP contribution is -2.39. The van der Waals surface area contributed by atoms with Crippen LogP contribution in [0, 0.1) is 5.92 Å². The normalized spacial score (nSPS) is 21.0. The third-order valence-electron chi connectivity index (χ3n) is 5.83. The second kappa shape index (κ2) is 13.2. The molecule has 0 aliphatic carbocycles. The van der Waals surface area contributed by atoms with Gasteiger partial charge >= 0.3 is 11.9 Å². The number of likely N-dealkylation sites (N-methyl/N-ethyl adjacent to an activating group) is 1. The predicted octanol–water partition coefficient (Wildman–Crippen LogP) is 3.78. The highest BCUT2D eigenvalue weighted by atomic mass is 16.5. The molecule has 194 valence electrons. The highest BCUT2D eigenvalue weighted by Gasteiger charge is 2.20. The summed E-state index contributed by atoms with van der Waals surface area (Å²) in [6.07, 6.45) is 6.68. The Morgan fingerprint density at radius 1 is 0.811 bits per heavy atom. The molecule has 1 heterocycles. The second-order valence-electron chi connectivity index (χ2n) is 8.99. The molecule has 0 saturated heterocycles.